The Hall–Kier alpha value is -2.82. The van der Waals surface area contributed by atoms with E-state index < -0.39 is 5.97 Å². The van der Waals surface area contributed by atoms with E-state index in [1.54, 1.807) is 31.6 Å². The van der Waals surface area contributed by atoms with Crippen LogP contribution >= 0.6 is 0 Å². The summed E-state index contributed by atoms with van der Waals surface area (Å²) in [6.45, 7) is 0. The normalized spacial score (nSPS) is 10.7. The van der Waals surface area contributed by atoms with Gasteiger partial charge in [-0.3, -0.25) is 4.57 Å². The summed E-state index contributed by atoms with van der Waals surface area (Å²) in [6, 6.07) is 12.5. The average molecular weight is 268 g/mol. The molecule has 3 aromatic rings. The molecule has 0 spiro atoms. The Morgan fingerprint density at radius 2 is 2.05 bits per heavy atom. The maximum Gasteiger partial charge on any atom is 0.335 e. The van der Waals surface area contributed by atoms with E-state index in [2.05, 4.69) is 4.98 Å². The summed E-state index contributed by atoms with van der Waals surface area (Å²) in [5.41, 5.74) is 2.55. The lowest BCUT2D eigenvalue weighted by Crippen LogP contribution is -1.98. The Morgan fingerprint density at radius 1 is 1.25 bits per heavy atom. The first-order valence-electron chi connectivity index (χ1n) is 6.04. The van der Waals surface area contributed by atoms with E-state index in [-0.39, 0.29) is 5.56 Å². The molecule has 20 heavy (non-hydrogen) atoms. The van der Waals surface area contributed by atoms with Crippen molar-refractivity contribution in [1.82, 2.24) is 9.55 Å². The van der Waals surface area contributed by atoms with Crippen molar-refractivity contribution in [2.45, 2.75) is 0 Å². The highest BCUT2D eigenvalue weighted by molar-refractivity contribution is 5.92. The first-order chi connectivity index (χ1) is 9.70. The number of hydrogen-bond donors (Lipinski definition) is 1. The van der Waals surface area contributed by atoms with E-state index in [0.717, 1.165) is 17.0 Å². The molecular weight excluding hydrogens is 256 g/mol. The van der Waals surface area contributed by atoms with Crippen molar-refractivity contribution < 1.29 is 14.6 Å². The number of carbonyl (C=O) groups is 1. The van der Waals surface area contributed by atoms with Crippen LogP contribution in [0.15, 0.2) is 48.8 Å². The number of aromatic carboxylic acids is 1. The Bertz CT molecular complexity index is 793. The first kappa shape index (κ1) is 12.2. The zero-order chi connectivity index (χ0) is 14.1. The molecule has 0 saturated heterocycles. The van der Waals surface area contributed by atoms with E-state index in [4.69, 9.17) is 9.84 Å². The second kappa shape index (κ2) is 4.70. The molecule has 0 fully saturated rings. The van der Waals surface area contributed by atoms with Gasteiger partial charge in [-0.15, -0.1) is 0 Å². The largest absolute Gasteiger partial charge is 0.495 e. The second-order valence-corrected chi connectivity index (χ2v) is 4.30. The zero-order valence-corrected chi connectivity index (χ0v) is 10.8. The van der Waals surface area contributed by atoms with Crippen LogP contribution in [-0.2, 0) is 0 Å². The van der Waals surface area contributed by atoms with Gasteiger partial charge in [0.25, 0.3) is 0 Å². The van der Waals surface area contributed by atoms with E-state index in [9.17, 15) is 4.79 Å². The molecule has 5 heteroatoms. The van der Waals surface area contributed by atoms with Gasteiger partial charge in [0, 0.05) is 0 Å². The molecule has 0 bridgehead atoms. The predicted molar refractivity (Wildman–Crippen MR) is 74.6 cm³/mol. The van der Waals surface area contributed by atoms with Crippen molar-refractivity contribution in [1.29, 1.82) is 0 Å². The number of hydrogen-bond acceptors (Lipinski definition) is 3. The van der Waals surface area contributed by atoms with Crippen molar-refractivity contribution in [3.8, 4) is 11.4 Å². The third-order valence-electron chi connectivity index (χ3n) is 3.14. The van der Waals surface area contributed by atoms with Crippen molar-refractivity contribution in [3.05, 3.63) is 54.4 Å². The molecule has 2 aromatic carbocycles. The van der Waals surface area contributed by atoms with Gasteiger partial charge in [-0.25, -0.2) is 9.78 Å². The van der Waals surface area contributed by atoms with Crippen molar-refractivity contribution in [3.63, 3.8) is 0 Å². The molecule has 1 N–H and O–H groups in total. The fourth-order valence-corrected chi connectivity index (χ4v) is 2.17. The highest BCUT2D eigenvalue weighted by Crippen LogP contribution is 2.26. The van der Waals surface area contributed by atoms with Crippen LogP contribution in [0.4, 0.5) is 0 Å². The summed E-state index contributed by atoms with van der Waals surface area (Å²) in [5.74, 6) is -0.229. The van der Waals surface area contributed by atoms with Gasteiger partial charge in [-0.05, 0) is 30.3 Å². The van der Waals surface area contributed by atoms with E-state index >= 15 is 0 Å². The van der Waals surface area contributed by atoms with Crippen molar-refractivity contribution in [2.24, 2.45) is 0 Å². The molecule has 0 aliphatic carbocycles. The molecule has 0 amide bonds. The zero-order valence-electron chi connectivity index (χ0n) is 10.8. The van der Waals surface area contributed by atoms with Crippen LogP contribution in [0, 0.1) is 0 Å². The van der Waals surface area contributed by atoms with Crippen LogP contribution in [0.1, 0.15) is 10.4 Å². The van der Waals surface area contributed by atoms with Gasteiger partial charge < -0.3 is 9.84 Å². The summed E-state index contributed by atoms with van der Waals surface area (Å²) in [4.78, 5) is 15.2. The first-order valence-corrected chi connectivity index (χ1v) is 6.04. The number of carboxylic acids is 1. The third-order valence-corrected chi connectivity index (χ3v) is 3.14. The second-order valence-electron chi connectivity index (χ2n) is 4.30. The third kappa shape index (κ3) is 1.89. The smallest absolute Gasteiger partial charge is 0.335 e. The number of nitrogens with zero attached hydrogens (tertiary/aromatic N) is 2. The van der Waals surface area contributed by atoms with Crippen LogP contribution in [0.25, 0.3) is 16.7 Å². The Labute approximate surface area is 115 Å². The quantitative estimate of drug-likeness (QED) is 0.793. The van der Waals surface area contributed by atoms with E-state index in [1.165, 1.54) is 0 Å². The number of methoxy groups -OCH3 is 1. The van der Waals surface area contributed by atoms with Crippen LogP contribution in [-0.4, -0.2) is 27.7 Å². The lowest BCUT2D eigenvalue weighted by Gasteiger charge is -2.09. The van der Waals surface area contributed by atoms with Crippen LogP contribution < -0.4 is 4.74 Å². The number of para-hydroxylation sites is 2. The lowest BCUT2D eigenvalue weighted by molar-refractivity contribution is 0.0697. The van der Waals surface area contributed by atoms with Gasteiger partial charge in [0.1, 0.15) is 12.1 Å². The molecule has 3 rings (SSSR count). The summed E-state index contributed by atoms with van der Waals surface area (Å²) >= 11 is 0. The van der Waals surface area contributed by atoms with Crippen LogP contribution in [0.3, 0.4) is 0 Å². The minimum Gasteiger partial charge on any atom is -0.495 e. The standard InChI is InChI=1S/C15H12N2O3/c1-20-14-5-3-2-4-13(14)17-9-16-11-8-10(15(18)19)6-7-12(11)17/h2-9H,1H3,(H,18,19). The molecule has 0 aliphatic heterocycles. The number of benzene rings is 2. The molecule has 0 radical (unpaired) electrons. The molecule has 1 aromatic heterocycles. The summed E-state index contributed by atoms with van der Waals surface area (Å²) in [6.07, 6.45) is 1.66. The van der Waals surface area contributed by atoms with Gasteiger partial charge in [-0.2, -0.15) is 0 Å². The van der Waals surface area contributed by atoms with E-state index in [0.29, 0.717) is 5.52 Å². The molecule has 0 atom stereocenters. The number of fused-ring (bicyclic) bond motifs is 1. The van der Waals surface area contributed by atoms with Gasteiger partial charge in [0.2, 0.25) is 0 Å². The molecule has 1 heterocycles. The monoisotopic (exact) mass is 268 g/mol. The molecule has 5 nitrogen and oxygen atoms in total. The lowest BCUT2D eigenvalue weighted by atomic mass is 10.2. The minimum absolute atomic E-state index is 0.225. The van der Waals surface area contributed by atoms with Crippen LogP contribution in [0.2, 0.25) is 0 Å². The van der Waals surface area contributed by atoms with Gasteiger partial charge in [0.05, 0.1) is 29.4 Å². The van der Waals surface area contributed by atoms with Gasteiger partial charge in [-0.1, -0.05) is 12.1 Å². The number of imidazole rings is 1. The molecule has 0 aliphatic rings. The number of ether oxygens (including phenoxy) is 1. The molecule has 0 unspecified atom stereocenters. The number of aromatic nitrogens is 2. The SMILES string of the molecule is COc1ccccc1-n1cnc2cc(C(=O)O)ccc21. The van der Waals surface area contributed by atoms with Gasteiger partial charge in [0.15, 0.2) is 0 Å². The Morgan fingerprint density at radius 3 is 2.80 bits per heavy atom. The molecule has 100 valence electrons. The highest BCUT2D eigenvalue weighted by atomic mass is 16.5. The average Bonchev–Trinajstić information content (AvgIpc) is 2.89. The summed E-state index contributed by atoms with van der Waals surface area (Å²) in [5, 5.41) is 9.00. The number of rotatable bonds is 3. The van der Waals surface area contributed by atoms with Crippen molar-refractivity contribution in [2.75, 3.05) is 7.11 Å². The Balaban J connectivity index is 2.20. The predicted octanol–water partition coefficient (Wildman–Crippen LogP) is 2.73. The maximum atomic E-state index is 11.0. The number of carboxylic acid groups (broad SMARTS) is 1. The summed E-state index contributed by atoms with van der Waals surface area (Å²) < 4.78 is 7.21. The van der Waals surface area contributed by atoms with Crippen LogP contribution in [0.5, 0.6) is 5.75 Å². The van der Waals surface area contributed by atoms with Gasteiger partial charge >= 0.3 is 5.97 Å². The van der Waals surface area contributed by atoms with Crippen molar-refractivity contribution >= 4 is 17.0 Å². The van der Waals surface area contributed by atoms with E-state index in [1.807, 2.05) is 28.8 Å². The summed E-state index contributed by atoms with van der Waals surface area (Å²) in [7, 11) is 1.61. The fourth-order valence-electron chi connectivity index (χ4n) is 2.17. The minimum atomic E-state index is -0.959. The molecule has 0 saturated carbocycles. The Kier molecular flexibility index (Phi) is 2.87. The highest BCUT2D eigenvalue weighted by Gasteiger charge is 2.11. The molecular formula is C15H12N2O3. The topological polar surface area (TPSA) is 64.4 Å². The maximum absolute atomic E-state index is 11.0. The fraction of sp³-hybridized carbons (Fsp3) is 0.0667.